The van der Waals surface area contributed by atoms with Crippen molar-refractivity contribution in [1.82, 2.24) is 15.1 Å². The van der Waals surface area contributed by atoms with E-state index in [0.29, 0.717) is 13.1 Å². The molecule has 1 N–H and O–H groups in total. The van der Waals surface area contributed by atoms with Crippen molar-refractivity contribution >= 4 is 17.6 Å². The van der Waals surface area contributed by atoms with Crippen LogP contribution in [0.25, 0.3) is 0 Å². The first-order valence-corrected chi connectivity index (χ1v) is 5.98. The van der Waals surface area contributed by atoms with E-state index in [4.69, 9.17) is 11.6 Å². The molecule has 0 radical (unpaired) electrons. The molecule has 0 fully saturated rings. The predicted molar refractivity (Wildman–Crippen MR) is 66.0 cm³/mol. The molecule has 0 saturated carbocycles. The fourth-order valence-corrected chi connectivity index (χ4v) is 1.75. The highest BCUT2D eigenvalue weighted by atomic mass is 35.5. The normalized spacial score (nSPS) is 12.5. The Labute approximate surface area is 106 Å². The molecular formula is C11H18ClN3O2. The largest absolute Gasteiger partial charge is 0.468 e. The van der Waals surface area contributed by atoms with Crippen LogP contribution in [0.1, 0.15) is 18.3 Å². The molecule has 0 aromatic carbocycles. The number of hydrogen-bond donors (Lipinski definition) is 1. The van der Waals surface area contributed by atoms with Gasteiger partial charge in [-0.3, -0.25) is 9.48 Å². The summed E-state index contributed by atoms with van der Waals surface area (Å²) in [5, 5.41) is 6.79. The van der Waals surface area contributed by atoms with E-state index in [9.17, 15) is 4.79 Å². The van der Waals surface area contributed by atoms with E-state index >= 15 is 0 Å². The van der Waals surface area contributed by atoms with Crippen molar-refractivity contribution in [3.05, 3.63) is 17.5 Å². The molecule has 96 valence electrons. The zero-order valence-electron chi connectivity index (χ0n) is 10.4. The molecule has 0 saturated heterocycles. The average molecular weight is 260 g/mol. The maximum atomic E-state index is 11.1. The van der Waals surface area contributed by atoms with Gasteiger partial charge in [0.2, 0.25) is 0 Å². The van der Waals surface area contributed by atoms with Gasteiger partial charge in [0.25, 0.3) is 0 Å². The number of nitrogens with zero attached hydrogens (tertiary/aromatic N) is 2. The lowest BCUT2D eigenvalue weighted by Crippen LogP contribution is -2.30. The summed E-state index contributed by atoms with van der Waals surface area (Å²) < 4.78 is 6.46. The fraction of sp³-hybridized carbons (Fsp3) is 0.636. The van der Waals surface area contributed by atoms with Crippen LogP contribution in [0.3, 0.4) is 0 Å². The molecule has 5 nitrogen and oxygen atoms in total. The molecule has 0 amide bonds. The van der Waals surface area contributed by atoms with Crippen LogP contribution < -0.4 is 5.32 Å². The first-order chi connectivity index (χ1) is 8.08. The molecular weight excluding hydrogens is 242 g/mol. The lowest BCUT2D eigenvalue weighted by atomic mass is 10.3. The van der Waals surface area contributed by atoms with E-state index in [1.54, 1.807) is 0 Å². The number of esters is 1. The van der Waals surface area contributed by atoms with E-state index in [2.05, 4.69) is 15.2 Å². The topological polar surface area (TPSA) is 56.2 Å². The zero-order valence-corrected chi connectivity index (χ0v) is 11.1. The number of ether oxygens (including phenoxy) is 1. The Kier molecular flexibility index (Phi) is 5.44. The van der Waals surface area contributed by atoms with Crippen LogP contribution in [0, 0.1) is 6.92 Å². The second-order valence-corrected chi connectivity index (χ2v) is 4.24. The summed E-state index contributed by atoms with van der Waals surface area (Å²) in [6, 6.07) is 2.01. The molecule has 6 heteroatoms. The van der Waals surface area contributed by atoms with Gasteiger partial charge in [0.15, 0.2) is 0 Å². The Balaban J connectivity index is 2.42. The van der Waals surface area contributed by atoms with Gasteiger partial charge in [0, 0.05) is 19.6 Å². The number of halogens is 1. The van der Waals surface area contributed by atoms with E-state index in [1.807, 2.05) is 24.6 Å². The summed E-state index contributed by atoms with van der Waals surface area (Å²) in [5.41, 5.74) is 2.07. The summed E-state index contributed by atoms with van der Waals surface area (Å²) in [6.07, 6.45) is 0. The number of aromatic nitrogens is 2. The molecule has 1 unspecified atom stereocenters. The SMILES string of the molecule is CCn1nc(C)cc1CNCC(Cl)C(=O)OC. The lowest BCUT2D eigenvalue weighted by Gasteiger charge is -2.09. The van der Waals surface area contributed by atoms with Crippen molar-refractivity contribution < 1.29 is 9.53 Å². The van der Waals surface area contributed by atoms with Gasteiger partial charge < -0.3 is 10.1 Å². The minimum atomic E-state index is -0.654. The second-order valence-electron chi connectivity index (χ2n) is 3.71. The minimum Gasteiger partial charge on any atom is -0.468 e. The van der Waals surface area contributed by atoms with E-state index in [0.717, 1.165) is 17.9 Å². The Hall–Kier alpha value is -1.07. The van der Waals surface area contributed by atoms with E-state index < -0.39 is 11.3 Å². The monoisotopic (exact) mass is 259 g/mol. The number of carbonyl (C=O) groups is 1. The molecule has 1 atom stereocenters. The number of alkyl halides is 1. The summed E-state index contributed by atoms with van der Waals surface area (Å²) in [6.45, 7) is 5.83. The lowest BCUT2D eigenvalue weighted by molar-refractivity contribution is -0.140. The predicted octanol–water partition coefficient (Wildman–Crippen LogP) is 1.08. The van der Waals surface area contributed by atoms with E-state index in [-0.39, 0.29) is 0 Å². The van der Waals surface area contributed by atoms with Crippen LogP contribution in [0.15, 0.2) is 6.07 Å². The van der Waals surface area contributed by atoms with Gasteiger partial charge in [-0.2, -0.15) is 5.10 Å². The van der Waals surface area contributed by atoms with Crippen LogP contribution in [-0.4, -0.2) is 34.8 Å². The Bertz CT molecular complexity index is 379. The quantitative estimate of drug-likeness (QED) is 0.614. The number of carbonyl (C=O) groups excluding carboxylic acids is 1. The van der Waals surface area contributed by atoms with Crippen LogP contribution in [0.4, 0.5) is 0 Å². The first-order valence-electron chi connectivity index (χ1n) is 5.54. The molecule has 1 heterocycles. The van der Waals surface area contributed by atoms with Gasteiger partial charge in [0.05, 0.1) is 18.5 Å². The van der Waals surface area contributed by atoms with Crippen molar-refractivity contribution in [3.63, 3.8) is 0 Å². The van der Waals surface area contributed by atoms with Crippen molar-refractivity contribution in [2.75, 3.05) is 13.7 Å². The second kappa shape index (κ2) is 6.61. The molecule has 0 aliphatic rings. The van der Waals surface area contributed by atoms with Crippen LogP contribution in [0.2, 0.25) is 0 Å². The smallest absolute Gasteiger partial charge is 0.325 e. The third-order valence-corrected chi connectivity index (χ3v) is 2.70. The molecule has 0 aliphatic heterocycles. The van der Waals surface area contributed by atoms with Gasteiger partial charge in [-0.15, -0.1) is 11.6 Å². The van der Waals surface area contributed by atoms with Crippen molar-refractivity contribution in [3.8, 4) is 0 Å². The zero-order chi connectivity index (χ0) is 12.8. The van der Waals surface area contributed by atoms with Crippen molar-refractivity contribution in [1.29, 1.82) is 0 Å². The standard InChI is InChI=1S/C11H18ClN3O2/c1-4-15-9(5-8(2)14-15)6-13-7-10(12)11(16)17-3/h5,10,13H,4,6-7H2,1-3H3. The van der Waals surface area contributed by atoms with E-state index in [1.165, 1.54) is 7.11 Å². The molecule has 1 aromatic rings. The summed E-state index contributed by atoms with van der Waals surface area (Å²) in [7, 11) is 1.33. The van der Waals surface area contributed by atoms with Gasteiger partial charge in [-0.25, -0.2) is 0 Å². The number of hydrogen-bond acceptors (Lipinski definition) is 4. The molecule has 0 spiro atoms. The fourth-order valence-electron chi connectivity index (χ4n) is 1.55. The molecule has 0 bridgehead atoms. The Morgan fingerprint density at radius 3 is 3.00 bits per heavy atom. The number of aryl methyl sites for hydroxylation is 2. The number of rotatable bonds is 6. The molecule has 0 aliphatic carbocycles. The van der Waals surface area contributed by atoms with Gasteiger partial charge in [-0.05, 0) is 19.9 Å². The first kappa shape index (κ1) is 14.0. The van der Waals surface area contributed by atoms with Crippen LogP contribution >= 0.6 is 11.6 Å². The molecule has 1 rings (SSSR count). The Morgan fingerprint density at radius 1 is 1.71 bits per heavy atom. The Morgan fingerprint density at radius 2 is 2.41 bits per heavy atom. The highest BCUT2D eigenvalue weighted by Crippen LogP contribution is 2.04. The van der Waals surface area contributed by atoms with Crippen molar-refractivity contribution in [2.24, 2.45) is 0 Å². The highest BCUT2D eigenvalue weighted by Gasteiger charge is 2.15. The number of methoxy groups -OCH3 is 1. The van der Waals surface area contributed by atoms with Crippen LogP contribution in [-0.2, 0) is 22.6 Å². The minimum absolute atomic E-state index is 0.377. The van der Waals surface area contributed by atoms with Gasteiger partial charge in [0.1, 0.15) is 5.38 Å². The maximum absolute atomic E-state index is 11.1. The summed E-state index contributed by atoms with van der Waals surface area (Å²) in [4.78, 5) is 11.1. The molecule has 1 aromatic heterocycles. The number of nitrogens with one attached hydrogen (secondary N) is 1. The average Bonchev–Trinajstić information content (AvgIpc) is 2.68. The molecule has 17 heavy (non-hydrogen) atoms. The van der Waals surface area contributed by atoms with Gasteiger partial charge in [-0.1, -0.05) is 0 Å². The maximum Gasteiger partial charge on any atom is 0.325 e. The summed E-state index contributed by atoms with van der Waals surface area (Å²) in [5.74, 6) is -0.417. The van der Waals surface area contributed by atoms with Crippen molar-refractivity contribution in [2.45, 2.75) is 32.3 Å². The van der Waals surface area contributed by atoms with Crippen LogP contribution in [0.5, 0.6) is 0 Å². The highest BCUT2D eigenvalue weighted by molar-refractivity contribution is 6.30. The third kappa shape index (κ3) is 4.02. The third-order valence-electron chi connectivity index (χ3n) is 2.37. The summed E-state index contributed by atoms with van der Waals surface area (Å²) >= 11 is 5.82. The van der Waals surface area contributed by atoms with Gasteiger partial charge >= 0.3 is 5.97 Å².